The minimum Gasteiger partial charge on any atom is -0.351 e. The van der Waals surface area contributed by atoms with E-state index in [4.69, 9.17) is 4.98 Å². The van der Waals surface area contributed by atoms with Gasteiger partial charge in [-0.3, -0.25) is 0 Å². The molecular formula is C16H25N3. The highest BCUT2D eigenvalue weighted by atomic mass is 15.3. The van der Waals surface area contributed by atoms with Crippen molar-refractivity contribution in [1.82, 2.24) is 9.55 Å². The standard InChI is InChI=1S/C16H25N3/c1-11-9-8-10-12-13(11)17-14(18-15(2,3)4)19(12)16(5,6)7/h8-10H,1-7H3,(H,17,18). The van der Waals surface area contributed by atoms with Crippen molar-refractivity contribution in [3.63, 3.8) is 0 Å². The minimum absolute atomic E-state index is 0.00171. The average Bonchev–Trinajstić information content (AvgIpc) is 2.53. The van der Waals surface area contributed by atoms with Crippen molar-refractivity contribution in [3.05, 3.63) is 23.8 Å². The molecule has 0 saturated heterocycles. The number of anilines is 1. The Morgan fingerprint density at radius 3 is 2.21 bits per heavy atom. The van der Waals surface area contributed by atoms with E-state index >= 15 is 0 Å². The molecule has 0 radical (unpaired) electrons. The number of benzene rings is 1. The first-order valence-corrected chi connectivity index (χ1v) is 6.86. The van der Waals surface area contributed by atoms with Gasteiger partial charge in [0.15, 0.2) is 0 Å². The summed E-state index contributed by atoms with van der Waals surface area (Å²) < 4.78 is 2.29. The van der Waals surface area contributed by atoms with Gasteiger partial charge in [0.1, 0.15) is 0 Å². The van der Waals surface area contributed by atoms with Crippen LogP contribution in [0.15, 0.2) is 18.2 Å². The Labute approximate surface area is 116 Å². The SMILES string of the molecule is Cc1cccc2c1nc(NC(C)(C)C)n2C(C)(C)C. The van der Waals surface area contributed by atoms with Crippen LogP contribution in [-0.2, 0) is 5.54 Å². The van der Waals surface area contributed by atoms with Crippen LogP contribution in [0.2, 0.25) is 0 Å². The summed E-state index contributed by atoms with van der Waals surface area (Å²) in [4.78, 5) is 4.82. The largest absolute Gasteiger partial charge is 0.351 e. The Kier molecular flexibility index (Phi) is 3.12. The lowest BCUT2D eigenvalue weighted by Gasteiger charge is -2.28. The second-order valence-electron chi connectivity index (χ2n) is 7.26. The summed E-state index contributed by atoms with van der Waals surface area (Å²) in [6.07, 6.45) is 0. The van der Waals surface area contributed by atoms with Crippen LogP contribution in [0, 0.1) is 6.92 Å². The van der Waals surface area contributed by atoms with Crippen molar-refractivity contribution in [2.45, 2.75) is 59.5 Å². The second-order valence-corrected chi connectivity index (χ2v) is 7.26. The molecule has 1 N–H and O–H groups in total. The van der Waals surface area contributed by atoms with Crippen LogP contribution in [-0.4, -0.2) is 15.1 Å². The third-order valence-electron chi connectivity index (χ3n) is 3.04. The maximum atomic E-state index is 4.82. The van der Waals surface area contributed by atoms with Gasteiger partial charge in [0.2, 0.25) is 5.95 Å². The van der Waals surface area contributed by atoms with E-state index in [-0.39, 0.29) is 11.1 Å². The minimum atomic E-state index is -0.00384. The quantitative estimate of drug-likeness (QED) is 0.827. The number of nitrogens with one attached hydrogen (secondary N) is 1. The molecule has 0 aliphatic rings. The molecule has 3 nitrogen and oxygen atoms in total. The molecule has 2 rings (SSSR count). The van der Waals surface area contributed by atoms with E-state index in [0.717, 1.165) is 11.5 Å². The van der Waals surface area contributed by atoms with Crippen molar-refractivity contribution < 1.29 is 0 Å². The molecule has 0 spiro atoms. The summed E-state index contributed by atoms with van der Waals surface area (Å²) in [7, 11) is 0. The molecule has 104 valence electrons. The highest BCUT2D eigenvalue weighted by Gasteiger charge is 2.24. The van der Waals surface area contributed by atoms with E-state index in [1.165, 1.54) is 11.1 Å². The Morgan fingerprint density at radius 1 is 1.05 bits per heavy atom. The van der Waals surface area contributed by atoms with Gasteiger partial charge in [0, 0.05) is 11.1 Å². The Hall–Kier alpha value is -1.51. The van der Waals surface area contributed by atoms with Crippen LogP contribution in [0.4, 0.5) is 5.95 Å². The lowest BCUT2D eigenvalue weighted by atomic mass is 10.1. The molecule has 0 fully saturated rings. The first-order valence-electron chi connectivity index (χ1n) is 6.86. The van der Waals surface area contributed by atoms with E-state index in [0.29, 0.717) is 0 Å². The first kappa shape index (κ1) is 13.9. The number of aryl methyl sites for hydroxylation is 1. The van der Waals surface area contributed by atoms with Crippen LogP contribution < -0.4 is 5.32 Å². The number of aromatic nitrogens is 2. The monoisotopic (exact) mass is 259 g/mol. The fourth-order valence-corrected chi connectivity index (χ4v) is 2.34. The Morgan fingerprint density at radius 2 is 1.68 bits per heavy atom. The van der Waals surface area contributed by atoms with E-state index in [2.05, 4.69) is 76.5 Å². The summed E-state index contributed by atoms with van der Waals surface area (Å²) in [5.41, 5.74) is 3.50. The number of para-hydroxylation sites is 1. The van der Waals surface area contributed by atoms with Gasteiger partial charge >= 0.3 is 0 Å². The van der Waals surface area contributed by atoms with Gasteiger partial charge in [0.25, 0.3) is 0 Å². The Bertz CT molecular complexity index is 595. The predicted octanol–water partition coefficient (Wildman–Crippen LogP) is 4.31. The zero-order valence-electron chi connectivity index (χ0n) is 13.1. The normalized spacial score (nSPS) is 13.0. The molecule has 0 aliphatic heterocycles. The first-order chi connectivity index (χ1) is 8.59. The van der Waals surface area contributed by atoms with Crippen LogP contribution in [0.3, 0.4) is 0 Å². The van der Waals surface area contributed by atoms with Crippen molar-refractivity contribution in [1.29, 1.82) is 0 Å². The van der Waals surface area contributed by atoms with Gasteiger partial charge in [0.05, 0.1) is 11.0 Å². The van der Waals surface area contributed by atoms with Crippen LogP contribution in [0.5, 0.6) is 0 Å². The Balaban J connectivity index is 2.72. The molecule has 0 atom stereocenters. The highest BCUT2D eigenvalue weighted by molar-refractivity contribution is 5.82. The molecule has 0 saturated carbocycles. The van der Waals surface area contributed by atoms with Gasteiger partial charge < -0.3 is 9.88 Å². The van der Waals surface area contributed by atoms with E-state index in [1.54, 1.807) is 0 Å². The van der Waals surface area contributed by atoms with Gasteiger partial charge in [-0.15, -0.1) is 0 Å². The fourth-order valence-electron chi connectivity index (χ4n) is 2.34. The summed E-state index contributed by atoms with van der Waals surface area (Å²) in [6, 6.07) is 6.36. The van der Waals surface area contributed by atoms with Gasteiger partial charge in [-0.2, -0.15) is 0 Å². The predicted molar refractivity (Wildman–Crippen MR) is 82.8 cm³/mol. The molecular weight excluding hydrogens is 234 g/mol. The summed E-state index contributed by atoms with van der Waals surface area (Å²) >= 11 is 0. The number of fused-ring (bicyclic) bond motifs is 1. The number of hydrogen-bond donors (Lipinski definition) is 1. The van der Waals surface area contributed by atoms with Crippen molar-refractivity contribution >= 4 is 17.0 Å². The van der Waals surface area contributed by atoms with Gasteiger partial charge in [-0.05, 0) is 60.1 Å². The van der Waals surface area contributed by atoms with E-state index < -0.39 is 0 Å². The maximum absolute atomic E-state index is 4.82. The molecule has 1 aromatic carbocycles. The molecule has 0 bridgehead atoms. The third-order valence-corrected chi connectivity index (χ3v) is 3.04. The fraction of sp³-hybridized carbons (Fsp3) is 0.562. The zero-order valence-corrected chi connectivity index (χ0v) is 13.1. The van der Waals surface area contributed by atoms with Crippen molar-refractivity contribution in [3.8, 4) is 0 Å². The lowest BCUT2D eigenvalue weighted by Crippen LogP contribution is -2.31. The number of rotatable bonds is 1. The van der Waals surface area contributed by atoms with Crippen LogP contribution >= 0.6 is 0 Å². The van der Waals surface area contributed by atoms with Crippen LogP contribution in [0.1, 0.15) is 47.1 Å². The van der Waals surface area contributed by atoms with Crippen molar-refractivity contribution in [2.75, 3.05) is 5.32 Å². The molecule has 0 unspecified atom stereocenters. The molecule has 1 heterocycles. The maximum Gasteiger partial charge on any atom is 0.204 e. The molecule has 19 heavy (non-hydrogen) atoms. The van der Waals surface area contributed by atoms with Crippen LogP contribution in [0.25, 0.3) is 11.0 Å². The molecule has 3 heteroatoms. The molecule has 1 aromatic heterocycles. The van der Waals surface area contributed by atoms with E-state index in [9.17, 15) is 0 Å². The summed E-state index contributed by atoms with van der Waals surface area (Å²) in [5.74, 6) is 0.948. The molecule has 0 aliphatic carbocycles. The number of hydrogen-bond acceptors (Lipinski definition) is 2. The third kappa shape index (κ3) is 2.75. The summed E-state index contributed by atoms with van der Waals surface area (Å²) in [6.45, 7) is 15.2. The zero-order chi connectivity index (χ0) is 14.4. The second kappa shape index (κ2) is 4.26. The highest BCUT2D eigenvalue weighted by Crippen LogP contribution is 2.30. The molecule has 0 amide bonds. The topological polar surface area (TPSA) is 29.9 Å². The van der Waals surface area contributed by atoms with Gasteiger partial charge in [-0.25, -0.2) is 4.98 Å². The smallest absolute Gasteiger partial charge is 0.204 e. The lowest BCUT2D eigenvalue weighted by molar-refractivity contribution is 0.409. The number of imidazole rings is 1. The van der Waals surface area contributed by atoms with E-state index in [1.807, 2.05) is 0 Å². The van der Waals surface area contributed by atoms with Gasteiger partial charge in [-0.1, -0.05) is 12.1 Å². The number of nitrogens with zero attached hydrogens (tertiary/aromatic N) is 2. The summed E-state index contributed by atoms with van der Waals surface area (Å²) in [5, 5.41) is 3.52. The molecule has 2 aromatic rings. The van der Waals surface area contributed by atoms with Crippen molar-refractivity contribution in [2.24, 2.45) is 0 Å². The average molecular weight is 259 g/mol.